The van der Waals surface area contributed by atoms with E-state index in [1.54, 1.807) is 12.1 Å². The SMILES string of the molecule is O=C(c1ccc(O)cc1)c1ccc(O)cc1Oc1ccccc1. The highest BCUT2D eigenvalue weighted by Gasteiger charge is 2.16. The second-order valence-electron chi connectivity index (χ2n) is 4.97. The highest BCUT2D eigenvalue weighted by Crippen LogP contribution is 2.30. The second kappa shape index (κ2) is 6.23. The van der Waals surface area contributed by atoms with E-state index in [4.69, 9.17) is 4.74 Å². The molecule has 0 atom stereocenters. The number of phenols is 2. The Kier molecular flexibility index (Phi) is 3.97. The molecule has 114 valence electrons. The molecule has 0 heterocycles. The quantitative estimate of drug-likeness (QED) is 0.711. The van der Waals surface area contributed by atoms with Crippen LogP contribution < -0.4 is 4.74 Å². The van der Waals surface area contributed by atoms with Gasteiger partial charge < -0.3 is 14.9 Å². The Morgan fingerprint density at radius 3 is 2.13 bits per heavy atom. The highest BCUT2D eigenvalue weighted by molar-refractivity contribution is 6.10. The van der Waals surface area contributed by atoms with Crippen molar-refractivity contribution in [1.82, 2.24) is 0 Å². The van der Waals surface area contributed by atoms with E-state index in [-0.39, 0.29) is 23.0 Å². The van der Waals surface area contributed by atoms with Gasteiger partial charge in [-0.15, -0.1) is 0 Å². The topological polar surface area (TPSA) is 66.8 Å². The van der Waals surface area contributed by atoms with Crippen LogP contribution in [0, 0.1) is 0 Å². The molecule has 0 aromatic heterocycles. The predicted octanol–water partition coefficient (Wildman–Crippen LogP) is 4.12. The van der Waals surface area contributed by atoms with Crippen molar-refractivity contribution >= 4 is 5.78 Å². The largest absolute Gasteiger partial charge is 0.508 e. The van der Waals surface area contributed by atoms with Gasteiger partial charge in [-0.05, 0) is 48.5 Å². The molecule has 0 spiro atoms. The van der Waals surface area contributed by atoms with E-state index in [1.807, 2.05) is 18.2 Å². The van der Waals surface area contributed by atoms with Gasteiger partial charge in [0, 0.05) is 11.6 Å². The molecular weight excluding hydrogens is 292 g/mol. The molecule has 0 aliphatic heterocycles. The number of hydrogen-bond donors (Lipinski definition) is 2. The van der Waals surface area contributed by atoms with Crippen LogP contribution in [0.1, 0.15) is 15.9 Å². The lowest BCUT2D eigenvalue weighted by Gasteiger charge is -2.11. The maximum Gasteiger partial charge on any atom is 0.196 e. The summed E-state index contributed by atoms with van der Waals surface area (Å²) in [5.41, 5.74) is 0.753. The number of carbonyl (C=O) groups is 1. The van der Waals surface area contributed by atoms with Crippen LogP contribution in [-0.4, -0.2) is 16.0 Å². The van der Waals surface area contributed by atoms with Gasteiger partial charge in [0.15, 0.2) is 5.78 Å². The molecule has 0 saturated heterocycles. The molecule has 0 bridgehead atoms. The lowest BCUT2D eigenvalue weighted by atomic mass is 10.0. The molecular formula is C19H14O4. The molecule has 2 N–H and O–H groups in total. The zero-order valence-corrected chi connectivity index (χ0v) is 12.1. The van der Waals surface area contributed by atoms with Gasteiger partial charge in [0.05, 0.1) is 5.56 Å². The van der Waals surface area contributed by atoms with Crippen molar-refractivity contribution in [3.63, 3.8) is 0 Å². The molecule has 4 nitrogen and oxygen atoms in total. The number of ketones is 1. The summed E-state index contributed by atoms with van der Waals surface area (Å²) in [5.74, 6) is 0.689. The zero-order chi connectivity index (χ0) is 16.2. The van der Waals surface area contributed by atoms with E-state index in [0.29, 0.717) is 16.9 Å². The molecule has 0 saturated carbocycles. The van der Waals surface area contributed by atoms with Crippen LogP contribution in [-0.2, 0) is 0 Å². The summed E-state index contributed by atoms with van der Waals surface area (Å²) < 4.78 is 5.73. The summed E-state index contributed by atoms with van der Waals surface area (Å²) in [7, 11) is 0. The first-order valence-corrected chi connectivity index (χ1v) is 7.03. The van der Waals surface area contributed by atoms with Crippen molar-refractivity contribution in [1.29, 1.82) is 0 Å². The van der Waals surface area contributed by atoms with Crippen LogP contribution in [0.15, 0.2) is 72.8 Å². The van der Waals surface area contributed by atoms with Crippen molar-refractivity contribution in [3.8, 4) is 23.0 Å². The minimum absolute atomic E-state index is 0.0122. The van der Waals surface area contributed by atoms with Crippen LogP contribution in [0.2, 0.25) is 0 Å². The van der Waals surface area contributed by atoms with Crippen LogP contribution in [0.25, 0.3) is 0 Å². The number of carbonyl (C=O) groups excluding carboxylic acids is 1. The third kappa shape index (κ3) is 3.32. The molecule has 0 aliphatic rings. The monoisotopic (exact) mass is 306 g/mol. The summed E-state index contributed by atoms with van der Waals surface area (Å²) in [6.45, 7) is 0. The lowest BCUT2D eigenvalue weighted by molar-refractivity contribution is 0.103. The molecule has 0 fully saturated rings. The molecule has 3 aromatic carbocycles. The molecule has 3 rings (SSSR count). The summed E-state index contributed by atoms with van der Waals surface area (Å²) in [6.07, 6.45) is 0. The standard InChI is InChI=1S/C19H14O4/c20-14-8-6-13(7-9-14)19(22)17-11-10-15(21)12-18(17)23-16-4-2-1-3-5-16/h1-12,20-21H. The fraction of sp³-hybridized carbons (Fsp3) is 0. The van der Waals surface area contributed by atoms with Crippen LogP contribution >= 0.6 is 0 Å². The molecule has 0 unspecified atom stereocenters. The molecule has 0 radical (unpaired) electrons. The smallest absolute Gasteiger partial charge is 0.196 e. The van der Waals surface area contributed by atoms with Crippen molar-refractivity contribution in [3.05, 3.63) is 83.9 Å². The van der Waals surface area contributed by atoms with E-state index in [9.17, 15) is 15.0 Å². The average Bonchev–Trinajstić information content (AvgIpc) is 2.56. The normalized spacial score (nSPS) is 10.3. The third-order valence-electron chi connectivity index (χ3n) is 3.31. The Hall–Kier alpha value is -3.27. The Morgan fingerprint density at radius 1 is 0.783 bits per heavy atom. The van der Waals surface area contributed by atoms with E-state index in [0.717, 1.165) is 0 Å². The number of rotatable bonds is 4. The molecule has 0 aliphatic carbocycles. The predicted molar refractivity (Wildman–Crippen MR) is 86.2 cm³/mol. The van der Waals surface area contributed by atoms with Crippen molar-refractivity contribution in [2.45, 2.75) is 0 Å². The molecule has 23 heavy (non-hydrogen) atoms. The van der Waals surface area contributed by atoms with Gasteiger partial charge in [-0.3, -0.25) is 4.79 Å². The van der Waals surface area contributed by atoms with Gasteiger partial charge in [0.2, 0.25) is 0 Å². The molecule has 3 aromatic rings. The lowest BCUT2D eigenvalue weighted by Crippen LogP contribution is -2.03. The van der Waals surface area contributed by atoms with E-state index < -0.39 is 0 Å². The van der Waals surface area contributed by atoms with E-state index in [1.165, 1.54) is 42.5 Å². The maximum atomic E-state index is 12.6. The number of hydrogen-bond acceptors (Lipinski definition) is 4. The number of para-hydroxylation sites is 1. The first-order valence-electron chi connectivity index (χ1n) is 7.03. The fourth-order valence-corrected chi connectivity index (χ4v) is 2.17. The Bertz CT molecular complexity index is 824. The minimum atomic E-state index is -0.254. The summed E-state index contributed by atoms with van der Waals surface area (Å²) >= 11 is 0. The minimum Gasteiger partial charge on any atom is -0.508 e. The Balaban J connectivity index is 1.98. The Labute approximate surface area is 133 Å². The van der Waals surface area contributed by atoms with Crippen molar-refractivity contribution in [2.24, 2.45) is 0 Å². The van der Waals surface area contributed by atoms with Gasteiger partial charge in [-0.25, -0.2) is 0 Å². The first kappa shape index (κ1) is 14.7. The summed E-state index contributed by atoms with van der Waals surface area (Å²) in [6, 6.07) is 19.4. The van der Waals surface area contributed by atoms with Crippen LogP contribution in [0.4, 0.5) is 0 Å². The number of aromatic hydroxyl groups is 2. The van der Waals surface area contributed by atoms with Crippen molar-refractivity contribution < 1.29 is 19.7 Å². The molecule has 4 heteroatoms. The van der Waals surface area contributed by atoms with Crippen LogP contribution in [0.5, 0.6) is 23.0 Å². The second-order valence-corrected chi connectivity index (χ2v) is 4.97. The number of ether oxygens (including phenoxy) is 1. The first-order chi connectivity index (χ1) is 11.1. The molecule has 0 amide bonds. The van der Waals surface area contributed by atoms with Gasteiger partial charge in [-0.1, -0.05) is 18.2 Å². The van der Waals surface area contributed by atoms with Gasteiger partial charge >= 0.3 is 0 Å². The Morgan fingerprint density at radius 2 is 1.43 bits per heavy atom. The van der Waals surface area contributed by atoms with Gasteiger partial charge in [0.1, 0.15) is 23.0 Å². The maximum absolute atomic E-state index is 12.6. The highest BCUT2D eigenvalue weighted by atomic mass is 16.5. The van der Waals surface area contributed by atoms with Gasteiger partial charge in [0.25, 0.3) is 0 Å². The average molecular weight is 306 g/mol. The van der Waals surface area contributed by atoms with E-state index >= 15 is 0 Å². The third-order valence-corrected chi connectivity index (χ3v) is 3.31. The fourth-order valence-electron chi connectivity index (χ4n) is 2.17. The zero-order valence-electron chi connectivity index (χ0n) is 12.1. The summed E-state index contributed by atoms with van der Waals surface area (Å²) in [5, 5.41) is 19.0. The number of phenolic OH excluding ortho intramolecular Hbond substituents is 2. The summed E-state index contributed by atoms with van der Waals surface area (Å²) in [4.78, 5) is 12.6. The van der Waals surface area contributed by atoms with E-state index in [2.05, 4.69) is 0 Å². The van der Waals surface area contributed by atoms with Crippen LogP contribution in [0.3, 0.4) is 0 Å². The van der Waals surface area contributed by atoms with Gasteiger partial charge in [-0.2, -0.15) is 0 Å². The van der Waals surface area contributed by atoms with Crippen molar-refractivity contribution in [2.75, 3.05) is 0 Å². The number of benzene rings is 3.